The molecule has 0 radical (unpaired) electrons. The lowest BCUT2D eigenvalue weighted by Gasteiger charge is -2.31. The van der Waals surface area contributed by atoms with Gasteiger partial charge in [-0.05, 0) is 65.1 Å². The van der Waals surface area contributed by atoms with Crippen LogP contribution >= 0.6 is 0 Å². The Hall–Kier alpha value is -0.610. The first-order valence-electron chi connectivity index (χ1n) is 8.27. The predicted molar refractivity (Wildman–Crippen MR) is 82.5 cm³/mol. The van der Waals surface area contributed by atoms with E-state index < -0.39 is 0 Å². The lowest BCUT2D eigenvalue weighted by Crippen LogP contribution is -2.43. The van der Waals surface area contributed by atoms with E-state index in [1.165, 1.54) is 25.9 Å². The molecule has 1 N–H and O–H groups in total. The Labute approximate surface area is 123 Å². The molecule has 2 atom stereocenters. The van der Waals surface area contributed by atoms with Gasteiger partial charge in [0, 0.05) is 6.54 Å². The number of hydrogen-bond acceptors (Lipinski definition) is 3. The molecule has 4 heteroatoms. The van der Waals surface area contributed by atoms with Crippen LogP contribution in [0.15, 0.2) is 0 Å². The lowest BCUT2D eigenvalue weighted by atomic mass is 9.93. The van der Waals surface area contributed by atoms with E-state index in [0.29, 0.717) is 5.91 Å². The third-order valence-corrected chi connectivity index (χ3v) is 5.30. The van der Waals surface area contributed by atoms with Crippen LogP contribution < -0.4 is 5.32 Å². The fourth-order valence-electron chi connectivity index (χ4n) is 3.47. The Morgan fingerprint density at radius 2 is 1.95 bits per heavy atom. The summed E-state index contributed by atoms with van der Waals surface area (Å²) in [5.41, 5.74) is -0.340. The van der Waals surface area contributed by atoms with Crippen LogP contribution in [0.3, 0.4) is 0 Å². The highest BCUT2D eigenvalue weighted by Crippen LogP contribution is 2.27. The first-order chi connectivity index (χ1) is 9.50. The SMILES string of the molecule is CCC1NC(C)(CC)C(=O)N1CCC1CCN(C)CC1. The van der Waals surface area contributed by atoms with Crippen molar-refractivity contribution in [3.8, 4) is 0 Å². The molecule has 0 aromatic carbocycles. The topological polar surface area (TPSA) is 35.6 Å². The minimum absolute atomic E-state index is 0.235. The normalized spacial score (nSPS) is 33.1. The van der Waals surface area contributed by atoms with Crippen molar-refractivity contribution in [1.82, 2.24) is 15.1 Å². The van der Waals surface area contributed by atoms with E-state index >= 15 is 0 Å². The van der Waals surface area contributed by atoms with Gasteiger partial charge in [0.05, 0.1) is 11.7 Å². The first kappa shape index (κ1) is 15.8. The van der Waals surface area contributed by atoms with Crippen molar-refractivity contribution in [3.63, 3.8) is 0 Å². The van der Waals surface area contributed by atoms with E-state index in [1.54, 1.807) is 0 Å². The van der Waals surface area contributed by atoms with E-state index in [9.17, 15) is 4.79 Å². The number of carbonyl (C=O) groups excluding carboxylic acids is 1. The molecule has 2 aliphatic heterocycles. The summed E-state index contributed by atoms with van der Waals surface area (Å²) in [4.78, 5) is 17.1. The molecule has 2 saturated heterocycles. The standard InChI is InChI=1S/C16H31N3O/c1-5-14-17-16(3,6-2)15(20)19(14)12-9-13-7-10-18(4)11-8-13/h13-14,17H,5-12H2,1-4H3. The summed E-state index contributed by atoms with van der Waals surface area (Å²) >= 11 is 0. The van der Waals surface area contributed by atoms with Crippen molar-refractivity contribution in [2.75, 3.05) is 26.7 Å². The van der Waals surface area contributed by atoms with Gasteiger partial charge in [-0.2, -0.15) is 0 Å². The van der Waals surface area contributed by atoms with Gasteiger partial charge < -0.3 is 9.80 Å². The molecule has 2 aliphatic rings. The molecule has 2 heterocycles. The van der Waals surface area contributed by atoms with E-state index in [2.05, 4.69) is 36.0 Å². The van der Waals surface area contributed by atoms with Crippen molar-refractivity contribution >= 4 is 5.91 Å². The number of nitrogens with one attached hydrogen (secondary N) is 1. The van der Waals surface area contributed by atoms with Crippen LogP contribution in [0.5, 0.6) is 0 Å². The maximum atomic E-state index is 12.6. The van der Waals surface area contributed by atoms with Crippen LogP contribution in [0.2, 0.25) is 0 Å². The van der Waals surface area contributed by atoms with Crippen molar-refractivity contribution in [2.45, 2.75) is 64.6 Å². The quantitative estimate of drug-likeness (QED) is 0.838. The first-order valence-corrected chi connectivity index (χ1v) is 8.27. The fourth-order valence-corrected chi connectivity index (χ4v) is 3.47. The number of nitrogens with zero attached hydrogens (tertiary/aromatic N) is 2. The van der Waals surface area contributed by atoms with Gasteiger partial charge in [0.2, 0.25) is 5.91 Å². The van der Waals surface area contributed by atoms with Crippen LogP contribution in [0.4, 0.5) is 0 Å². The molecule has 20 heavy (non-hydrogen) atoms. The zero-order valence-electron chi connectivity index (χ0n) is 13.6. The molecular weight excluding hydrogens is 250 g/mol. The summed E-state index contributed by atoms with van der Waals surface area (Å²) in [5, 5.41) is 3.53. The maximum absolute atomic E-state index is 12.6. The molecule has 0 aromatic rings. The fraction of sp³-hybridized carbons (Fsp3) is 0.938. The average molecular weight is 281 g/mol. The Balaban J connectivity index is 1.89. The molecule has 0 spiro atoms. The number of rotatable bonds is 5. The molecule has 0 aliphatic carbocycles. The van der Waals surface area contributed by atoms with Crippen LogP contribution in [0.1, 0.15) is 52.9 Å². The predicted octanol–water partition coefficient (Wildman–Crippen LogP) is 2.05. The second-order valence-electron chi connectivity index (χ2n) is 6.79. The van der Waals surface area contributed by atoms with Crippen LogP contribution in [0.25, 0.3) is 0 Å². The van der Waals surface area contributed by atoms with Crippen molar-refractivity contribution in [2.24, 2.45) is 5.92 Å². The second-order valence-corrected chi connectivity index (χ2v) is 6.79. The molecule has 0 bridgehead atoms. The van der Waals surface area contributed by atoms with Crippen molar-refractivity contribution in [1.29, 1.82) is 0 Å². The summed E-state index contributed by atoms with van der Waals surface area (Å²) < 4.78 is 0. The van der Waals surface area contributed by atoms with Gasteiger partial charge in [0.1, 0.15) is 0 Å². The van der Waals surface area contributed by atoms with E-state index in [-0.39, 0.29) is 11.7 Å². The summed E-state index contributed by atoms with van der Waals surface area (Å²) in [6.45, 7) is 9.65. The largest absolute Gasteiger partial charge is 0.326 e. The minimum atomic E-state index is -0.340. The smallest absolute Gasteiger partial charge is 0.243 e. The molecule has 4 nitrogen and oxygen atoms in total. The van der Waals surface area contributed by atoms with Gasteiger partial charge in [-0.25, -0.2) is 0 Å². The number of carbonyl (C=O) groups is 1. The number of piperidine rings is 1. The zero-order chi connectivity index (χ0) is 14.8. The Kier molecular flexibility index (Phi) is 5.08. The number of amides is 1. The van der Waals surface area contributed by atoms with Crippen molar-refractivity contribution < 1.29 is 4.79 Å². The van der Waals surface area contributed by atoms with Gasteiger partial charge in [-0.15, -0.1) is 0 Å². The molecule has 1 amide bonds. The average Bonchev–Trinajstić information content (AvgIpc) is 2.71. The van der Waals surface area contributed by atoms with Crippen LogP contribution in [0, 0.1) is 5.92 Å². The molecule has 0 saturated carbocycles. The Morgan fingerprint density at radius 1 is 1.30 bits per heavy atom. The van der Waals surface area contributed by atoms with Gasteiger partial charge >= 0.3 is 0 Å². The minimum Gasteiger partial charge on any atom is -0.326 e. The number of likely N-dealkylation sites (tertiary alicyclic amines) is 1. The molecule has 0 aromatic heterocycles. The summed E-state index contributed by atoms with van der Waals surface area (Å²) in [6.07, 6.45) is 5.83. The van der Waals surface area contributed by atoms with Gasteiger partial charge in [0.15, 0.2) is 0 Å². The second kappa shape index (κ2) is 6.44. The summed E-state index contributed by atoms with van der Waals surface area (Å²) in [7, 11) is 2.20. The molecular formula is C16H31N3O. The zero-order valence-corrected chi connectivity index (χ0v) is 13.6. The number of hydrogen-bond donors (Lipinski definition) is 1. The Bertz CT molecular complexity index is 339. The lowest BCUT2D eigenvalue weighted by molar-refractivity contribution is -0.133. The summed E-state index contributed by atoms with van der Waals surface area (Å²) in [6, 6.07) is 0. The Morgan fingerprint density at radius 3 is 2.50 bits per heavy atom. The van der Waals surface area contributed by atoms with Crippen LogP contribution in [-0.2, 0) is 4.79 Å². The van der Waals surface area contributed by atoms with Gasteiger partial charge in [-0.1, -0.05) is 13.8 Å². The highest BCUT2D eigenvalue weighted by atomic mass is 16.2. The highest BCUT2D eigenvalue weighted by Gasteiger charge is 2.45. The monoisotopic (exact) mass is 281 g/mol. The van der Waals surface area contributed by atoms with Crippen LogP contribution in [-0.4, -0.2) is 54.1 Å². The van der Waals surface area contributed by atoms with E-state index in [1.807, 2.05) is 6.92 Å². The van der Waals surface area contributed by atoms with Gasteiger partial charge in [0.25, 0.3) is 0 Å². The molecule has 2 rings (SSSR count). The van der Waals surface area contributed by atoms with E-state index in [0.717, 1.165) is 31.7 Å². The molecule has 2 unspecified atom stereocenters. The van der Waals surface area contributed by atoms with Gasteiger partial charge in [-0.3, -0.25) is 10.1 Å². The maximum Gasteiger partial charge on any atom is 0.243 e. The van der Waals surface area contributed by atoms with E-state index in [4.69, 9.17) is 0 Å². The summed E-state index contributed by atoms with van der Waals surface area (Å²) in [5.74, 6) is 1.10. The highest BCUT2D eigenvalue weighted by molar-refractivity contribution is 5.88. The molecule has 116 valence electrons. The third kappa shape index (κ3) is 3.17. The molecule has 2 fully saturated rings. The van der Waals surface area contributed by atoms with Crippen molar-refractivity contribution in [3.05, 3.63) is 0 Å². The third-order valence-electron chi connectivity index (χ3n) is 5.30.